The quantitative estimate of drug-likeness (QED) is 0.896. The van der Waals surface area contributed by atoms with Gasteiger partial charge in [0.25, 0.3) is 0 Å². The minimum Gasteiger partial charge on any atom is -0.438 e. The van der Waals surface area contributed by atoms with E-state index in [1.807, 2.05) is 45.0 Å². The Balaban J connectivity index is 2.37. The van der Waals surface area contributed by atoms with Gasteiger partial charge in [-0.1, -0.05) is 18.2 Å². The number of pyridine rings is 1. The van der Waals surface area contributed by atoms with Crippen LogP contribution in [-0.2, 0) is 0 Å². The van der Waals surface area contributed by atoms with Crippen LogP contribution < -0.4 is 10.5 Å². The largest absolute Gasteiger partial charge is 0.438 e. The highest BCUT2D eigenvalue weighted by Crippen LogP contribution is 2.29. The summed E-state index contributed by atoms with van der Waals surface area (Å²) in [6.07, 6.45) is 1.71. The zero-order valence-corrected chi connectivity index (χ0v) is 11.0. The fourth-order valence-electron chi connectivity index (χ4n) is 1.76. The molecule has 0 bridgehead atoms. The average molecular weight is 242 g/mol. The van der Waals surface area contributed by atoms with Crippen LogP contribution in [0.3, 0.4) is 0 Å². The molecule has 3 nitrogen and oxygen atoms in total. The van der Waals surface area contributed by atoms with Crippen LogP contribution in [0, 0.1) is 13.8 Å². The van der Waals surface area contributed by atoms with E-state index in [2.05, 4.69) is 11.1 Å². The van der Waals surface area contributed by atoms with Crippen molar-refractivity contribution >= 4 is 0 Å². The Bertz CT molecular complexity index is 550. The third-order valence-electron chi connectivity index (χ3n) is 2.84. The molecule has 18 heavy (non-hydrogen) atoms. The lowest BCUT2D eigenvalue weighted by Crippen LogP contribution is -2.07. The predicted octanol–water partition coefficient (Wildman–Crippen LogP) is 3.51. The summed E-state index contributed by atoms with van der Waals surface area (Å²) >= 11 is 0. The molecule has 0 spiro atoms. The number of hydrogen-bond acceptors (Lipinski definition) is 3. The summed E-state index contributed by atoms with van der Waals surface area (Å²) in [4.78, 5) is 4.26. The molecule has 0 aliphatic rings. The van der Waals surface area contributed by atoms with Gasteiger partial charge in [0.15, 0.2) is 0 Å². The highest BCUT2D eigenvalue weighted by molar-refractivity contribution is 5.40. The summed E-state index contributed by atoms with van der Waals surface area (Å²) in [5.41, 5.74) is 9.08. The highest BCUT2D eigenvalue weighted by atomic mass is 16.5. The molecule has 0 saturated carbocycles. The van der Waals surface area contributed by atoms with Gasteiger partial charge in [0, 0.05) is 17.8 Å². The summed E-state index contributed by atoms with van der Waals surface area (Å²) in [5, 5.41) is 0. The molecule has 2 rings (SSSR count). The Morgan fingerprint density at radius 1 is 1.22 bits per heavy atom. The lowest BCUT2D eigenvalue weighted by atomic mass is 10.1. The van der Waals surface area contributed by atoms with Crippen LogP contribution >= 0.6 is 0 Å². The van der Waals surface area contributed by atoms with E-state index in [0.717, 1.165) is 22.4 Å². The number of rotatable bonds is 3. The van der Waals surface area contributed by atoms with Gasteiger partial charge in [-0.2, -0.15) is 0 Å². The van der Waals surface area contributed by atoms with Crippen LogP contribution in [0.2, 0.25) is 0 Å². The molecule has 2 aromatic rings. The lowest BCUT2D eigenvalue weighted by molar-refractivity contribution is 0.448. The Morgan fingerprint density at radius 2 is 2.00 bits per heavy atom. The maximum Gasteiger partial charge on any atom is 0.223 e. The maximum absolute atomic E-state index is 5.92. The molecule has 94 valence electrons. The number of nitrogens with two attached hydrogens (primary N) is 1. The molecule has 1 heterocycles. The molecule has 0 aliphatic heterocycles. The van der Waals surface area contributed by atoms with Crippen molar-refractivity contribution < 1.29 is 4.74 Å². The number of hydrogen-bond donors (Lipinski definition) is 1. The summed E-state index contributed by atoms with van der Waals surface area (Å²) < 4.78 is 5.89. The molecule has 1 atom stereocenters. The van der Waals surface area contributed by atoms with Gasteiger partial charge in [-0.3, -0.25) is 0 Å². The number of aromatic nitrogens is 1. The molecule has 0 amide bonds. The second kappa shape index (κ2) is 5.19. The average Bonchev–Trinajstić information content (AvgIpc) is 2.34. The van der Waals surface area contributed by atoms with Crippen LogP contribution in [0.15, 0.2) is 36.5 Å². The van der Waals surface area contributed by atoms with E-state index in [4.69, 9.17) is 10.5 Å². The van der Waals surface area contributed by atoms with Crippen LogP contribution in [0.1, 0.15) is 29.7 Å². The summed E-state index contributed by atoms with van der Waals surface area (Å²) in [5.74, 6) is 1.41. The first kappa shape index (κ1) is 12.6. The molecule has 0 saturated heterocycles. The highest BCUT2D eigenvalue weighted by Gasteiger charge is 2.10. The molecule has 3 heteroatoms. The zero-order valence-electron chi connectivity index (χ0n) is 11.0. The van der Waals surface area contributed by atoms with E-state index in [-0.39, 0.29) is 6.04 Å². The molecule has 1 aromatic carbocycles. The predicted molar refractivity (Wildman–Crippen MR) is 72.8 cm³/mol. The van der Waals surface area contributed by atoms with E-state index in [9.17, 15) is 0 Å². The van der Waals surface area contributed by atoms with Crippen molar-refractivity contribution in [1.82, 2.24) is 4.98 Å². The van der Waals surface area contributed by atoms with Gasteiger partial charge in [0.05, 0.1) is 0 Å². The zero-order chi connectivity index (χ0) is 13.1. The first-order valence-corrected chi connectivity index (χ1v) is 6.03. The van der Waals surface area contributed by atoms with Gasteiger partial charge < -0.3 is 10.5 Å². The van der Waals surface area contributed by atoms with Crippen LogP contribution in [-0.4, -0.2) is 4.98 Å². The number of benzene rings is 1. The van der Waals surface area contributed by atoms with E-state index < -0.39 is 0 Å². The van der Waals surface area contributed by atoms with Gasteiger partial charge in [0.1, 0.15) is 5.75 Å². The third kappa shape index (κ3) is 2.68. The van der Waals surface area contributed by atoms with Crippen molar-refractivity contribution in [3.05, 3.63) is 53.2 Å². The molecule has 0 fully saturated rings. The smallest absolute Gasteiger partial charge is 0.223 e. The molecule has 0 aliphatic carbocycles. The molecule has 0 radical (unpaired) electrons. The molecular formula is C15H18N2O. The van der Waals surface area contributed by atoms with E-state index >= 15 is 0 Å². The van der Waals surface area contributed by atoms with Crippen molar-refractivity contribution in [1.29, 1.82) is 0 Å². The fourth-order valence-corrected chi connectivity index (χ4v) is 1.76. The van der Waals surface area contributed by atoms with Crippen LogP contribution in [0.5, 0.6) is 11.6 Å². The minimum atomic E-state index is -0.0983. The van der Waals surface area contributed by atoms with Crippen LogP contribution in [0.4, 0.5) is 0 Å². The van der Waals surface area contributed by atoms with Gasteiger partial charge in [0.2, 0.25) is 5.88 Å². The Kier molecular flexibility index (Phi) is 3.63. The molecule has 0 unspecified atom stereocenters. The Labute approximate surface area is 108 Å². The number of ether oxygens (including phenoxy) is 1. The SMILES string of the molecule is Cc1ccc(C)c(Oc2ncccc2[C@H](C)N)c1. The summed E-state index contributed by atoms with van der Waals surface area (Å²) in [6, 6.07) is 9.83. The first-order valence-electron chi connectivity index (χ1n) is 6.03. The van der Waals surface area contributed by atoms with Gasteiger partial charge >= 0.3 is 0 Å². The normalized spacial score (nSPS) is 12.2. The summed E-state index contributed by atoms with van der Waals surface area (Å²) in [7, 11) is 0. The third-order valence-corrected chi connectivity index (χ3v) is 2.84. The number of nitrogens with zero attached hydrogens (tertiary/aromatic N) is 1. The van der Waals surface area contributed by atoms with Crippen molar-refractivity contribution in [2.45, 2.75) is 26.8 Å². The van der Waals surface area contributed by atoms with Crippen molar-refractivity contribution in [3.8, 4) is 11.6 Å². The monoisotopic (exact) mass is 242 g/mol. The summed E-state index contributed by atoms with van der Waals surface area (Å²) in [6.45, 7) is 5.98. The van der Waals surface area contributed by atoms with Gasteiger partial charge in [-0.25, -0.2) is 4.98 Å². The standard InChI is InChI=1S/C15H18N2O/c1-10-6-7-11(2)14(9-10)18-15-13(12(3)16)5-4-8-17-15/h4-9,12H,16H2,1-3H3/t12-/m0/s1. The molecular weight excluding hydrogens is 224 g/mol. The first-order chi connectivity index (χ1) is 8.58. The maximum atomic E-state index is 5.92. The van der Waals surface area contributed by atoms with Crippen molar-refractivity contribution in [2.75, 3.05) is 0 Å². The van der Waals surface area contributed by atoms with Gasteiger partial charge in [-0.15, -0.1) is 0 Å². The Hall–Kier alpha value is -1.87. The van der Waals surface area contributed by atoms with Crippen molar-refractivity contribution in [3.63, 3.8) is 0 Å². The number of aryl methyl sites for hydroxylation is 2. The van der Waals surface area contributed by atoms with E-state index in [0.29, 0.717) is 5.88 Å². The molecule has 2 N–H and O–H groups in total. The fraction of sp³-hybridized carbons (Fsp3) is 0.267. The van der Waals surface area contributed by atoms with E-state index in [1.165, 1.54) is 0 Å². The lowest BCUT2D eigenvalue weighted by Gasteiger charge is -2.13. The van der Waals surface area contributed by atoms with E-state index in [1.54, 1.807) is 6.20 Å². The second-order valence-electron chi connectivity index (χ2n) is 4.56. The second-order valence-corrected chi connectivity index (χ2v) is 4.56. The minimum absolute atomic E-state index is 0.0983. The van der Waals surface area contributed by atoms with Crippen molar-refractivity contribution in [2.24, 2.45) is 5.73 Å². The van der Waals surface area contributed by atoms with Crippen LogP contribution in [0.25, 0.3) is 0 Å². The Morgan fingerprint density at radius 3 is 2.72 bits per heavy atom. The van der Waals surface area contributed by atoms with Gasteiger partial charge in [-0.05, 0) is 44.0 Å². The molecule has 1 aromatic heterocycles. The topological polar surface area (TPSA) is 48.1 Å².